The van der Waals surface area contributed by atoms with Gasteiger partial charge in [-0.05, 0) is 46.2 Å². The van der Waals surface area contributed by atoms with Crippen LogP contribution in [0.1, 0.15) is 22.7 Å². The summed E-state index contributed by atoms with van der Waals surface area (Å²) in [6.07, 6.45) is 3.02. The van der Waals surface area contributed by atoms with Crippen LogP contribution in [0, 0.1) is 0 Å². The van der Waals surface area contributed by atoms with Crippen molar-refractivity contribution in [3.05, 3.63) is 114 Å². The summed E-state index contributed by atoms with van der Waals surface area (Å²) in [5.41, 5.74) is 2.09. The standard InChI is InChI=1S/C30H22N4O4S2/c1-38-22-10-5-8-20(16-22)25-24(26(35)19-12-14-31-15-13-19)27(36)28(37)34(25)29-32-33-30(40-29)39-17-21-9-4-7-18-6-2-3-11-23(18)21/h2-16,25,35H,17H2,1H3. The Bertz CT molecular complexity index is 1760. The Labute approximate surface area is 238 Å². The van der Waals surface area contributed by atoms with Crippen molar-refractivity contribution >= 4 is 56.5 Å². The number of carbonyl (C=O) groups is 2. The number of thioether (sulfide) groups is 1. The average molecular weight is 567 g/mol. The number of methoxy groups -OCH3 is 1. The van der Waals surface area contributed by atoms with Crippen molar-refractivity contribution in [2.75, 3.05) is 12.0 Å². The van der Waals surface area contributed by atoms with E-state index in [1.165, 1.54) is 52.9 Å². The van der Waals surface area contributed by atoms with Crippen molar-refractivity contribution in [3.8, 4) is 5.75 Å². The summed E-state index contributed by atoms with van der Waals surface area (Å²) in [6.45, 7) is 0. The highest BCUT2D eigenvalue weighted by Crippen LogP contribution is 2.44. The molecule has 3 heterocycles. The lowest BCUT2D eigenvalue weighted by Crippen LogP contribution is -2.29. The number of amides is 1. The predicted molar refractivity (Wildman–Crippen MR) is 155 cm³/mol. The number of ether oxygens (including phenoxy) is 1. The highest BCUT2D eigenvalue weighted by Gasteiger charge is 2.48. The van der Waals surface area contributed by atoms with E-state index in [1.54, 1.807) is 36.4 Å². The lowest BCUT2D eigenvalue weighted by atomic mass is 9.95. The second-order valence-corrected chi connectivity index (χ2v) is 11.1. The van der Waals surface area contributed by atoms with Gasteiger partial charge in [0.25, 0.3) is 5.78 Å². The van der Waals surface area contributed by atoms with Gasteiger partial charge in [-0.25, -0.2) is 0 Å². The van der Waals surface area contributed by atoms with Gasteiger partial charge in [-0.15, -0.1) is 10.2 Å². The molecule has 1 aliphatic rings. The van der Waals surface area contributed by atoms with Crippen molar-refractivity contribution in [2.45, 2.75) is 16.1 Å². The van der Waals surface area contributed by atoms with Gasteiger partial charge in [-0.3, -0.25) is 19.5 Å². The third-order valence-electron chi connectivity index (χ3n) is 6.64. The summed E-state index contributed by atoms with van der Waals surface area (Å²) < 4.78 is 6.05. The molecule has 0 radical (unpaired) electrons. The molecule has 2 aromatic heterocycles. The molecular formula is C30H22N4O4S2. The number of pyridine rings is 1. The van der Waals surface area contributed by atoms with Crippen LogP contribution in [0.4, 0.5) is 5.13 Å². The largest absolute Gasteiger partial charge is 0.507 e. The fourth-order valence-corrected chi connectivity index (χ4v) is 6.61. The number of hydrogen-bond donors (Lipinski definition) is 1. The Morgan fingerprint density at radius 2 is 1.77 bits per heavy atom. The van der Waals surface area contributed by atoms with Crippen LogP contribution in [-0.2, 0) is 15.3 Å². The van der Waals surface area contributed by atoms with Crippen molar-refractivity contribution in [3.63, 3.8) is 0 Å². The molecular weight excluding hydrogens is 544 g/mol. The molecule has 198 valence electrons. The minimum absolute atomic E-state index is 0.0374. The normalized spacial score (nSPS) is 16.5. The first-order valence-corrected chi connectivity index (χ1v) is 14.1. The van der Waals surface area contributed by atoms with Gasteiger partial charge in [0.15, 0.2) is 4.34 Å². The number of aliphatic hydroxyl groups excluding tert-OH is 1. The molecule has 6 rings (SSSR count). The van der Waals surface area contributed by atoms with Gasteiger partial charge in [0.05, 0.1) is 18.7 Å². The summed E-state index contributed by atoms with van der Waals surface area (Å²) in [7, 11) is 1.54. The van der Waals surface area contributed by atoms with Gasteiger partial charge in [0.2, 0.25) is 5.13 Å². The molecule has 1 fully saturated rings. The molecule has 1 atom stereocenters. The third-order valence-corrected chi connectivity index (χ3v) is 8.75. The van der Waals surface area contributed by atoms with Gasteiger partial charge in [0.1, 0.15) is 11.5 Å². The number of anilines is 1. The van der Waals surface area contributed by atoms with Crippen LogP contribution >= 0.6 is 23.1 Å². The minimum Gasteiger partial charge on any atom is -0.507 e. The van der Waals surface area contributed by atoms with Crippen LogP contribution < -0.4 is 9.64 Å². The minimum atomic E-state index is -0.924. The van der Waals surface area contributed by atoms with E-state index in [-0.39, 0.29) is 16.5 Å². The smallest absolute Gasteiger partial charge is 0.301 e. The molecule has 3 aromatic carbocycles. The number of aliphatic hydroxyl groups is 1. The highest BCUT2D eigenvalue weighted by molar-refractivity contribution is 8.00. The van der Waals surface area contributed by atoms with Gasteiger partial charge < -0.3 is 9.84 Å². The van der Waals surface area contributed by atoms with Crippen LogP contribution in [-0.4, -0.2) is 39.1 Å². The maximum Gasteiger partial charge on any atom is 0.301 e. The average Bonchev–Trinajstić information content (AvgIpc) is 3.57. The van der Waals surface area contributed by atoms with Gasteiger partial charge >= 0.3 is 5.91 Å². The Morgan fingerprint density at radius 1 is 1.00 bits per heavy atom. The van der Waals surface area contributed by atoms with Crippen molar-refractivity contribution < 1.29 is 19.4 Å². The molecule has 10 heteroatoms. The third kappa shape index (κ3) is 4.72. The molecule has 0 saturated carbocycles. The number of fused-ring (bicyclic) bond motifs is 1. The zero-order valence-electron chi connectivity index (χ0n) is 21.2. The van der Waals surface area contributed by atoms with Crippen molar-refractivity contribution in [1.29, 1.82) is 0 Å². The molecule has 1 aliphatic heterocycles. The van der Waals surface area contributed by atoms with Gasteiger partial charge in [-0.2, -0.15) is 0 Å². The first kappa shape index (κ1) is 25.7. The number of carbonyl (C=O) groups excluding carboxylic acids is 2. The molecule has 1 unspecified atom stereocenters. The lowest BCUT2D eigenvalue weighted by Gasteiger charge is -2.22. The first-order chi connectivity index (χ1) is 19.5. The van der Waals surface area contributed by atoms with Crippen LogP contribution in [0.25, 0.3) is 16.5 Å². The summed E-state index contributed by atoms with van der Waals surface area (Å²) in [5.74, 6) is -0.662. The number of nitrogens with zero attached hydrogens (tertiary/aromatic N) is 4. The monoisotopic (exact) mass is 566 g/mol. The number of rotatable bonds is 7. The number of aromatic nitrogens is 3. The van der Waals surface area contributed by atoms with E-state index < -0.39 is 17.7 Å². The zero-order valence-corrected chi connectivity index (χ0v) is 22.9. The SMILES string of the molecule is COc1cccc(C2C(=C(O)c3ccncc3)C(=O)C(=O)N2c2nnc(SCc3cccc4ccccc34)s2)c1. The molecule has 5 aromatic rings. The zero-order chi connectivity index (χ0) is 27.6. The van der Waals surface area contributed by atoms with E-state index in [1.807, 2.05) is 18.2 Å². The molecule has 0 bridgehead atoms. The molecule has 1 amide bonds. The summed E-state index contributed by atoms with van der Waals surface area (Å²) in [6, 6.07) is 23.7. The van der Waals surface area contributed by atoms with Gasteiger partial charge in [0, 0.05) is 23.7 Å². The number of benzene rings is 3. The van der Waals surface area contributed by atoms with Crippen LogP contribution in [0.3, 0.4) is 0 Å². The molecule has 1 N–H and O–H groups in total. The maximum atomic E-state index is 13.4. The lowest BCUT2D eigenvalue weighted by molar-refractivity contribution is -0.132. The summed E-state index contributed by atoms with van der Waals surface area (Å²) >= 11 is 2.74. The number of Topliss-reactive ketones (excluding diaryl/α,β-unsaturated/α-hetero) is 1. The van der Waals surface area contributed by atoms with E-state index in [0.29, 0.717) is 27.0 Å². The van der Waals surface area contributed by atoms with E-state index in [0.717, 1.165) is 10.9 Å². The van der Waals surface area contributed by atoms with Crippen LogP contribution in [0.2, 0.25) is 0 Å². The Balaban J connectivity index is 1.37. The second-order valence-electron chi connectivity index (χ2n) is 8.96. The van der Waals surface area contributed by atoms with E-state index in [2.05, 4.69) is 39.4 Å². The Hall–Kier alpha value is -4.54. The molecule has 40 heavy (non-hydrogen) atoms. The van der Waals surface area contributed by atoms with E-state index >= 15 is 0 Å². The van der Waals surface area contributed by atoms with Gasteiger partial charge in [-0.1, -0.05) is 77.7 Å². The van der Waals surface area contributed by atoms with Crippen molar-refractivity contribution in [1.82, 2.24) is 15.2 Å². The molecule has 0 spiro atoms. The molecule has 0 aliphatic carbocycles. The fourth-order valence-electron chi connectivity index (χ4n) is 4.74. The van der Waals surface area contributed by atoms with E-state index in [9.17, 15) is 14.7 Å². The van der Waals surface area contributed by atoms with Crippen molar-refractivity contribution in [2.24, 2.45) is 0 Å². The fraction of sp³-hybridized carbons (Fsp3) is 0.100. The predicted octanol–water partition coefficient (Wildman–Crippen LogP) is 6.01. The summed E-state index contributed by atoms with van der Waals surface area (Å²) in [4.78, 5) is 32.1. The number of hydrogen-bond acceptors (Lipinski definition) is 9. The molecule has 8 nitrogen and oxygen atoms in total. The Morgan fingerprint density at radius 3 is 2.60 bits per heavy atom. The topological polar surface area (TPSA) is 106 Å². The first-order valence-electron chi connectivity index (χ1n) is 12.3. The number of ketones is 1. The second kappa shape index (κ2) is 10.9. The van der Waals surface area contributed by atoms with Crippen LogP contribution in [0.5, 0.6) is 5.75 Å². The quantitative estimate of drug-likeness (QED) is 0.0839. The van der Waals surface area contributed by atoms with E-state index in [4.69, 9.17) is 4.74 Å². The Kier molecular flexibility index (Phi) is 7.02. The maximum absolute atomic E-state index is 13.4. The highest BCUT2D eigenvalue weighted by atomic mass is 32.2. The summed E-state index contributed by atoms with van der Waals surface area (Å²) in [5, 5.41) is 22.4. The van der Waals surface area contributed by atoms with Crippen LogP contribution in [0.15, 0.2) is 101 Å². The molecule has 1 saturated heterocycles.